The van der Waals surface area contributed by atoms with E-state index in [1.807, 2.05) is 41.0 Å². The summed E-state index contributed by atoms with van der Waals surface area (Å²) in [5.74, 6) is -2.10. The van der Waals surface area contributed by atoms with Crippen LogP contribution in [0.15, 0.2) is 48.5 Å². The fraction of sp³-hybridized carbons (Fsp3) is 0.190. The molecule has 0 aliphatic carbocycles. The molecule has 0 fully saturated rings. The molecule has 1 heterocycles. The number of ether oxygens (including phenoxy) is 2. The number of methoxy groups -OCH3 is 1. The van der Waals surface area contributed by atoms with Crippen LogP contribution in [0.4, 0.5) is 0 Å². The lowest BCUT2D eigenvalue weighted by Gasteiger charge is -2.09. The van der Waals surface area contributed by atoms with Gasteiger partial charge < -0.3 is 19.8 Å². The molecule has 0 saturated carbocycles. The highest BCUT2D eigenvalue weighted by Crippen LogP contribution is 2.34. The maximum absolute atomic E-state index is 12.6. The second kappa shape index (κ2) is 7.96. The van der Waals surface area contributed by atoms with Crippen molar-refractivity contribution in [2.45, 2.75) is 13.5 Å². The maximum Gasteiger partial charge on any atom is 0.343 e. The van der Waals surface area contributed by atoms with Crippen LogP contribution in [0.2, 0.25) is 0 Å². The summed E-state index contributed by atoms with van der Waals surface area (Å²) in [5, 5.41) is 0.448. The summed E-state index contributed by atoms with van der Waals surface area (Å²) in [6.07, 6.45) is 0. The summed E-state index contributed by atoms with van der Waals surface area (Å²) >= 11 is 0. The van der Waals surface area contributed by atoms with Crippen molar-refractivity contribution < 1.29 is 23.9 Å². The minimum Gasteiger partial charge on any atom is -0.481 e. The highest BCUT2D eigenvalue weighted by Gasteiger charge is 2.26. The number of primary amides is 1. The van der Waals surface area contributed by atoms with Gasteiger partial charge in [-0.2, -0.15) is 0 Å². The molecular formula is C21H20N2O5. The highest BCUT2D eigenvalue weighted by atomic mass is 16.6. The van der Waals surface area contributed by atoms with Gasteiger partial charge in [-0.05, 0) is 24.6 Å². The molecule has 0 spiro atoms. The van der Waals surface area contributed by atoms with Gasteiger partial charge in [0, 0.05) is 12.2 Å². The van der Waals surface area contributed by atoms with E-state index >= 15 is 0 Å². The number of amides is 1. The molecule has 2 N–H and O–H groups in total. The van der Waals surface area contributed by atoms with Crippen LogP contribution < -0.4 is 10.5 Å². The Bertz CT molecular complexity index is 1050. The first-order valence-electron chi connectivity index (χ1n) is 8.63. The van der Waals surface area contributed by atoms with Crippen LogP contribution in [0.3, 0.4) is 0 Å². The third kappa shape index (κ3) is 3.59. The molecule has 0 bridgehead atoms. The number of rotatable bonds is 7. The Hall–Kier alpha value is -3.61. The summed E-state index contributed by atoms with van der Waals surface area (Å²) < 4.78 is 12.1. The van der Waals surface area contributed by atoms with Crippen LogP contribution in [-0.2, 0) is 20.9 Å². The van der Waals surface area contributed by atoms with Gasteiger partial charge in [-0.3, -0.25) is 9.59 Å². The quantitative estimate of drug-likeness (QED) is 0.385. The minimum atomic E-state index is -1.05. The monoisotopic (exact) mass is 380 g/mol. The Morgan fingerprint density at radius 3 is 2.39 bits per heavy atom. The van der Waals surface area contributed by atoms with Crippen LogP contribution in [0, 0.1) is 6.92 Å². The van der Waals surface area contributed by atoms with Crippen molar-refractivity contribution in [3.8, 4) is 5.75 Å². The van der Waals surface area contributed by atoms with Crippen molar-refractivity contribution in [2.24, 2.45) is 5.73 Å². The second-order valence-electron chi connectivity index (χ2n) is 6.24. The van der Waals surface area contributed by atoms with Gasteiger partial charge in [0.05, 0.1) is 23.6 Å². The van der Waals surface area contributed by atoms with Gasteiger partial charge in [0.25, 0.3) is 11.7 Å². The van der Waals surface area contributed by atoms with Gasteiger partial charge in [0.2, 0.25) is 0 Å². The number of ketones is 1. The lowest BCUT2D eigenvalue weighted by atomic mass is 10.1. The Balaban J connectivity index is 2.19. The molecule has 0 saturated heterocycles. The van der Waals surface area contributed by atoms with E-state index in [0.29, 0.717) is 28.9 Å². The summed E-state index contributed by atoms with van der Waals surface area (Å²) in [7, 11) is 1.26. The molecule has 3 rings (SSSR count). The Morgan fingerprint density at radius 2 is 1.75 bits per heavy atom. The molecule has 7 heteroatoms. The van der Waals surface area contributed by atoms with E-state index < -0.39 is 17.7 Å². The summed E-state index contributed by atoms with van der Waals surface area (Å²) in [6.45, 7) is 1.93. The van der Waals surface area contributed by atoms with Gasteiger partial charge in [-0.15, -0.1) is 0 Å². The summed E-state index contributed by atoms with van der Waals surface area (Å²) in [6, 6.07) is 14.9. The smallest absolute Gasteiger partial charge is 0.343 e. The van der Waals surface area contributed by atoms with Crippen molar-refractivity contribution in [3.05, 3.63) is 65.4 Å². The van der Waals surface area contributed by atoms with E-state index in [1.54, 1.807) is 19.1 Å². The first-order valence-corrected chi connectivity index (χ1v) is 8.63. The number of nitrogens with zero attached hydrogens (tertiary/aromatic N) is 1. The van der Waals surface area contributed by atoms with Crippen molar-refractivity contribution >= 4 is 28.6 Å². The number of aromatic nitrogens is 1. The standard InChI is InChI=1S/C21H20N2O5/c1-13-18(20(25)21(22)26)19-15(23(13)11-14-7-4-3-5-8-14)9-6-10-16(19)28-12-17(24)27-2/h3-10H,11-12H2,1-2H3,(H2,22,26). The predicted molar refractivity (Wildman–Crippen MR) is 103 cm³/mol. The molecule has 0 aliphatic rings. The van der Waals surface area contributed by atoms with Crippen LogP contribution in [0.5, 0.6) is 5.75 Å². The Morgan fingerprint density at radius 1 is 1.04 bits per heavy atom. The largest absolute Gasteiger partial charge is 0.481 e. The van der Waals surface area contributed by atoms with Crippen molar-refractivity contribution in [1.29, 1.82) is 0 Å². The number of fused-ring (bicyclic) bond motifs is 1. The van der Waals surface area contributed by atoms with Crippen molar-refractivity contribution in [3.63, 3.8) is 0 Å². The maximum atomic E-state index is 12.6. The van der Waals surface area contributed by atoms with Gasteiger partial charge >= 0.3 is 5.97 Å². The molecule has 2 aromatic carbocycles. The highest BCUT2D eigenvalue weighted by molar-refractivity contribution is 6.45. The predicted octanol–water partition coefficient (Wildman–Crippen LogP) is 2.22. The lowest BCUT2D eigenvalue weighted by molar-refractivity contribution is -0.142. The normalized spacial score (nSPS) is 10.6. The number of hydrogen-bond acceptors (Lipinski definition) is 5. The topological polar surface area (TPSA) is 101 Å². The SMILES string of the molecule is COC(=O)COc1cccc2c1c(C(=O)C(N)=O)c(C)n2Cc1ccccc1. The molecular weight excluding hydrogens is 360 g/mol. The average Bonchev–Trinajstić information content (AvgIpc) is 2.98. The Kier molecular flexibility index (Phi) is 5.44. The number of carbonyl (C=O) groups excluding carboxylic acids is 3. The third-order valence-corrected chi connectivity index (χ3v) is 4.52. The minimum absolute atomic E-state index is 0.180. The molecule has 144 valence electrons. The van der Waals surface area contributed by atoms with Gasteiger partial charge in [-0.1, -0.05) is 36.4 Å². The molecule has 3 aromatic rings. The molecule has 0 atom stereocenters. The molecule has 7 nitrogen and oxygen atoms in total. The summed E-state index contributed by atoms with van der Waals surface area (Å²) in [4.78, 5) is 35.7. The molecule has 1 aromatic heterocycles. The van der Waals surface area contributed by atoms with E-state index in [9.17, 15) is 14.4 Å². The van der Waals surface area contributed by atoms with Crippen molar-refractivity contribution in [2.75, 3.05) is 13.7 Å². The van der Waals surface area contributed by atoms with E-state index in [4.69, 9.17) is 10.5 Å². The first kappa shape index (κ1) is 19.2. The van der Waals surface area contributed by atoms with E-state index in [-0.39, 0.29) is 12.2 Å². The molecule has 1 amide bonds. The third-order valence-electron chi connectivity index (χ3n) is 4.52. The van der Waals surface area contributed by atoms with E-state index in [1.165, 1.54) is 7.11 Å². The first-order chi connectivity index (χ1) is 13.4. The second-order valence-corrected chi connectivity index (χ2v) is 6.24. The van der Waals surface area contributed by atoms with Gasteiger partial charge in [-0.25, -0.2) is 4.79 Å². The molecule has 0 unspecified atom stereocenters. The molecule has 0 radical (unpaired) electrons. The summed E-state index contributed by atoms with van der Waals surface area (Å²) in [5.41, 5.74) is 7.78. The fourth-order valence-corrected chi connectivity index (χ4v) is 3.18. The Labute approximate surface area is 161 Å². The zero-order valence-corrected chi connectivity index (χ0v) is 15.6. The van der Waals surface area contributed by atoms with Crippen LogP contribution in [-0.4, -0.2) is 35.9 Å². The zero-order valence-electron chi connectivity index (χ0n) is 15.6. The zero-order chi connectivity index (χ0) is 20.3. The van der Waals surface area contributed by atoms with Crippen molar-refractivity contribution in [1.82, 2.24) is 4.57 Å². The lowest BCUT2D eigenvalue weighted by Crippen LogP contribution is -2.24. The fourth-order valence-electron chi connectivity index (χ4n) is 3.18. The number of benzene rings is 2. The average molecular weight is 380 g/mol. The molecule has 0 aliphatic heterocycles. The number of Topliss-reactive ketones (excluding diaryl/α,β-unsaturated/α-hetero) is 1. The number of carbonyl (C=O) groups is 3. The van der Waals surface area contributed by atoms with Gasteiger partial charge in [0.1, 0.15) is 5.75 Å². The molecule has 28 heavy (non-hydrogen) atoms. The van der Waals surface area contributed by atoms with E-state index in [2.05, 4.69) is 4.74 Å². The van der Waals surface area contributed by atoms with Gasteiger partial charge in [0.15, 0.2) is 6.61 Å². The number of hydrogen-bond donors (Lipinski definition) is 1. The van der Waals surface area contributed by atoms with Crippen LogP contribution in [0.1, 0.15) is 21.6 Å². The van der Waals surface area contributed by atoms with Crippen LogP contribution in [0.25, 0.3) is 10.9 Å². The number of nitrogens with two attached hydrogens (primary N) is 1. The number of esters is 1. The van der Waals surface area contributed by atoms with E-state index in [0.717, 1.165) is 5.56 Å². The van der Waals surface area contributed by atoms with Crippen LogP contribution >= 0.6 is 0 Å².